The summed E-state index contributed by atoms with van der Waals surface area (Å²) in [5.74, 6) is 0.960. The number of thiophene rings is 1. The maximum atomic E-state index is 3.64. The SMILES string of the molecule is CCNC(CC1CCC1)c1cc(Br)sc1C. The largest absolute Gasteiger partial charge is 0.310 e. The van der Waals surface area contributed by atoms with E-state index in [-0.39, 0.29) is 0 Å². The topological polar surface area (TPSA) is 12.0 Å². The molecule has 1 aliphatic rings. The van der Waals surface area contributed by atoms with Crippen molar-refractivity contribution in [3.63, 3.8) is 0 Å². The normalized spacial score (nSPS) is 18.4. The van der Waals surface area contributed by atoms with Crippen molar-refractivity contribution in [2.24, 2.45) is 5.92 Å². The van der Waals surface area contributed by atoms with Gasteiger partial charge < -0.3 is 5.32 Å². The van der Waals surface area contributed by atoms with Gasteiger partial charge in [0.1, 0.15) is 0 Å². The Morgan fingerprint density at radius 3 is 2.75 bits per heavy atom. The summed E-state index contributed by atoms with van der Waals surface area (Å²) in [7, 11) is 0. The minimum atomic E-state index is 0.567. The third-order valence-electron chi connectivity index (χ3n) is 3.55. The molecule has 0 bridgehead atoms. The number of nitrogens with one attached hydrogen (secondary N) is 1. The molecule has 0 aliphatic heterocycles. The van der Waals surface area contributed by atoms with Crippen LogP contribution in [0, 0.1) is 12.8 Å². The standard InChI is InChI=1S/C13H20BrNS/c1-3-15-12(7-10-5-4-6-10)11-8-13(14)16-9(11)2/h8,10,12,15H,3-7H2,1-2H3. The molecule has 1 saturated carbocycles. The van der Waals surface area contributed by atoms with E-state index in [1.165, 1.54) is 39.9 Å². The van der Waals surface area contributed by atoms with E-state index in [4.69, 9.17) is 0 Å². The first-order chi connectivity index (χ1) is 7.70. The van der Waals surface area contributed by atoms with Gasteiger partial charge in [0.2, 0.25) is 0 Å². The van der Waals surface area contributed by atoms with Gasteiger partial charge in [0, 0.05) is 10.9 Å². The van der Waals surface area contributed by atoms with Gasteiger partial charge >= 0.3 is 0 Å². The van der Waals surface area contributed by atoms with Crippen molar-refractivity contribution in [2.75, 3.05) is 6.54 Å². The Hall–Kier alpha value is 0.140. The molecule has 3 heteroatoms. The van der Waals surface area contributed by atoms with E-state index in [1.54, 1.807) is 0 Å². The van der Waals surface area contributed by atoms with Crippen LogP contribution >= 0.6 is 27.3 Å². The van der Waals surface area contributed by atoms with Gasteiger partial charge in [0.15, 0.2) is 0 Å². The highest BCUT2D eigenvalue weighted by Gasteiger charge is 2.24. The molecule has 1 aliphatic carbocycles. The predicted molar refractivity (Wildman–Crippen MR) is 75.1 cm³/mol. The Bertz CT molecular complexity index is 344. The number of rotatable bonds is 5. The van der Waals surface area contributed by atoms with Crippen LogP contribution in [0.5, 0.6) is 0 Å². The van der Waals surface area contributed by atoms with E-state index < -0.39 is 0 Å². The summed E-state index contributed by atoms with van der Waals surface area (Å²) in [6.45, 7) is 5.49. The van der Waals surface area contributed by atoms with Crippen LogP contribution in [0.1, 0.15) is 49.1 Å². The van der Waals surface area contributed by atoms with Crippen LogP contribution in [0.15, 0.2) is 9.85 Å². The van der Waals surface area contributed by atoms with Gasteiger partial charge in [0.05, 0.1) is 3.79 Å². The molecule has 0 aromatic carbocycles. The molecule has 0 spiro atoms. The highest BCUT2D eigenvalue weighted by Crippen LogP contribution is 2.38. The van der Waals surface area contributed by atoms with Crippen LogP contribution in [0.3, 0.4) is 0 Å². The summed E-state index contributed by atoms with van der Waals surface area (Å²) in [6.07, 6.45) is 5.63. The van der Waals surface area contributed by atoms with Crippen molar-refractivity contribution in [2.45, 2.75) is 45.6 Å². The monoisotopic (exact) mass is 301 g/mol. The molecule has 90 valence electrons. The zero-order valence-electron chi connectivity index (χ0n) is 10.1. The van der Waals surface area contributed by atoms with Gasteiger partial charge in [-0.2, -0.15) is 0 Å². The smallest absolute Gasteiger partial charge is 0.0704 e. The fourth-order valence-corrected chi connectivity index (χ4v) is 4.21. The van der Waals surface area contributed by atoms with Crippen molar-refractivity contribution >= 4 is 27.3 Å². The maximum Gasteiger partial charge on any atom is 0.0704 e. The maximum absolute atomic E-state index is 3.64. The van der Waals surface area contributed by atoms with Gasteiger partial charge in [-0.3, -0.25) is 0 Å². The summed E-state index contributed by atoms with van der Waals surface area (Å²) in [5.41, 5.74) is 1.51. The van der Waals surface area contributed by atoms with Crippen molar-refractivity contribution < 1.29 is 0 Å². The lowest BCUT2D eigenvalue weighted by atomic mass is 9.79. The lowest BCUT2D eigenvalue weighted by molar-refractivity contribution is 0.262. The molecule has 0 saturated heterocycles. The first kappa shape index (κ1) is 12.6. The lowest BCUT2D eigenvalue weighted by Gasteiger charge is -2.30. The lowest BCUT2D eigenvalue weighted by Crippen LogP contribution is -2.26. The van der Waals surface area contributed by atoms with Gasteiger partial charge in [-0.15, -0.1) is 11.3 Å². The zero-order chi connectivity index (χ0) is 11.5. The summed E-state index contributed by atoms with van der Waals surface area (Å²) >= 11 is 5.44. The molecule has 0 radical (unpaired) electrons. The molecule has 2 rings (SSSR count). The first-order valence-electron chi connectivity index (χ1n) is 6.20. The summed E-state index contributed by atoms with van der Waals surface area (Å²) in [5, 5.41) is 3.64. The Morgan fingerprint density at radius 1 is 1.56 bits per heavy atom. The fourth-order valence-electron chi connectivity index (χ4n) is 2.43. The molecule has 1 aromatic heterocycles. The van der Waals surface area contributed by atoms with Crippen LogP contribution in [-0.2, 0) is 0 Å². The average molecular weight is 302 g/mol. The van der Waals surface area contributed by atoms with Crippen LogP contribution in [0.25, 0.3) is 0 Å². The second-order valence-electron chi connectivity index (χ2n) is 4.70. The number of halogens is 1. The van der Waals surface area contributed by atoms with Crippen molar-refractivity contribution in [3.05, 3.63) is 20.3 Å². The van der Waals surface area contributed by atoms with E-state index >= 15 is 0 Å². The molecule has 1 aromatic rings. The van der Waals surface area contributed by atoms with Crippen molar-refractivity contribution in [1.29, 1.82) is 0 Å². The predicted octanol–water partition coefficient (Wildman–Crippen LogP) is 4.66. The number of aryl methyl sites for hydroxylation is 1. The first-order valence-corrected chi connectivity index (χ1v) is 7.81. The molecular formula is C13H20BrNS. The Labute approximate surface area is 111 Å². The van der Waals surface area contributed by atoms with Crippen LogP contribution in [0.2, 0.25) is 0 Å². The molecule has 1 fully saturated rings. The Morgan fingerprint density at radius 2 is 2.31 bits per heavy atom. The minimum absolute atomic E-state index is 0.567. The molecule has 0 amide bonds. The number of hydrogen-bond acceptors (Lipinski definition) is 2. The quantitative estimate of drug-likeness (QED) is 0.834. The van der Waals surface area contributed by atoms with E-state index in [2.05, 4.69) is 41.2 Å². The second kappa shape index (κ2) is 5.65. The van der Waals surface area contributed by atoms with Crippen LogP contribution < -0.4 is 5.32 Å². The molecule has 1 atom stereocenters. The van der Waals surface area contributed by atoms with Gasteiger partial charge in [-0.05, 0) is 53.4 Å². The summed E-state index contributed by atoms with van der Waals surface area (Å²) < 4.78 is 1.26. The summed E-state index contributed by atoms with van der Waals surface area (Å²) in [4.78, 5) is 1.46. The third kappa shape index (κ3) is 2.88. The van der Waals surface area contributed by atoms with E-state index in [9.17, 15) is 0 Å². The number of hydrogen-bond donors (Lipinski definition) is 1. The molecule has 1 nitrogen and oxygen atoms in total. The molecule has 1 N–H and O–H groups in total. The minimum Gasteiger partial charge on any atom is -0.310 e. The third-order valence-corrected chi connectivity index (χ3v) is 5.12. The van der Waals surface area contributed by atoms with Crippen LogP contribution in [0.4, 0.5) is 0 Å². The second-order valence-corrected chi connectivity index (χ2v) is 7.34. The average Bonchev–Trinajstić information content (AvgIpc) is 2.49. The van der Waals surface area contributed by atoms with Gasteiger partial charge in [-0.1, -0.05) is 26.2 Å². The molecule has 1 unspecified atom stereocenters. The van der Waals surface area contributed by atoms with E-state index in [0.717, 1.165) is 12.5 Å². The Balaban J connectivity index is 2.07. The fraction of sp³-hybridized carbons (Fsp3) is 0.692. The zero-order valence-corrected chi connectivity index (χ0v) is 12.5. The highest BCUT2D eigenvalue weighted by atomic mass is 79.9. The molecule has 16 heavy (non-hydrogen) atoms. The van der Waals surface area contributed by atoms with Crippen molar-refractivity contribution in [1.82, 2.24) is 5.32 Å². The van der Waals surface area contributed by atoms with E-state index in [1.807, 2.05) is 11.3 Å². The van der Waals surface area contributed by atoms with Gasteiger partial charge in [-0.25, -0.2) is 0 Å². The summed E-state index contributed by atoms with van der Waals surface area (Å²) in [6, 6.07) is 2.87. The van der Waals surface area contributed by atoms with Crippen molar-refractivity contribution in [3.8, 4) is 0 Å². The van der Waals surface area contributed by atoms with Crippen LogP contribution in [-0.4, -0.2) is 6.54 Å². The highest BCUT2D eigenvalue weighted by molar-refractivity contribution is 9.11. The molecule has 1 heterocycles. The Kier molecular flexibility index (Phi) is 4.45. The molecular weight excluding hydrogens is 282 g/mol. The van der Waals surface area contributed by atoms with Gasteiger partial charge in [0.25, 0.3) is 0 Å². The van der Waals surface area contributed by atoms with E-state index in [0.29, 0.717) is 6.04 Å².